The van der Waals surface area contributed by atoms with E-state index in [1.807, 2.05) is 0 Å². The number of phenolic OH excluding ortho intramolecular Hbond substituents is 1. The van der Waals surface area contributed by atoms with Crippen LogP contribution in [0.1, 0.15) is 0 Å². The molecular weight excluding hydrogens is 223 g/mol. The molecule has 0 aliphatic heterocycles. The van der Waals surface area contributed by atoms with Crippen LogP contribution in [0.4, 0.5) is 0 Å². The van der Waals surface area contributed by atoms with Crippen molar-refractivity contribution in [3.05, 3.63) is 18.2 Å². The van der Waals surface area contributed by atoms with Crippen LogP contribution in [0.15, 0.2) is 28.0 Å². The van der Waals surface area contributed by atoms with Gasteiger partial charge in [-0.1, -0.05) is 0 Å². The Balaban J connectivity index is 3.02. The van der Waals surface area contributed by atoms with Crippen molar-refractivity contribution in [2.45, 2.75) is 9.79 Å². The summed E-state index contributed by atoms with van der Waals surface area (Å²) in [6, 6.07) is 5.02. The van der Waals surface area contributed by atoms with Gasteiger partial charge in [-0.2, -0.15) is 0 Å². The molecule has 1 N–H and O–H groups in total. The zero-order chi connectivity index (χ0) is 8.27. The molecule has 0 heterocycles. The molecule has 0 atom stereocenters. The molecule has 0 spiro atoms. The van der Waals surface area contributed by atoms with Gasteiger partial charge < -0.3 is 5.11 Å². The number of benzene rings is 1. The smallest absolute Gasteiger partial charge is 0.130 e. The summed E-state index contributed by atoms with van der Waals surface area (Å²) in [7, 11) is 13.0. The van der Waals surface area contributed by atoms with Crippen LogP contribution in [0, 0.1) is 0 Å². The Labute approximate surface area is 82.1 Å². The minimum absolute atomic E-state index is 0.180. The van der Waals surface area contributed by atoms with Crippen LogP contribution in [0.2, 0.25) is 0 Å². The van der Waals surface area contributed by atoms with Crippen molar-refractivity contribution in [2.75, 3.05) is 0 Å². The second-order valence-corrected chi connectivity index (χ2v) is 3.93. The van der Waals surface area contributed by atoms with Gasteiger partial charge in [0.05, 0.1) is 4.90 Å². The van der Waals surface area contributed by atoms with Gasteiger partial charge in [-0.3, -0.25) is 0 Å². The first kappa shape index (κ1) is 9.39. The van der Waals surface area contributed by atoms with Gasteiger partial charge in [0, 0.05) is 4.90 Å². The topological polar surface area (TPSA) is 20.2 Å². The monoisotopic (exact) mass is 226 g/mol. The van der Waals surface area contributed by atoms with Gasteiger partial charge in [0.1, 0.15) is 5.75 Å². The van der Waals surface area contributed by atoms with E-state index in [1.165, 1.54) is 0 Å². The second kappa shape index (κ2) is 4.36. The lowest BCUT2D eigenvalue weighted by atomic mass is 10.3. The lowest BCUT2D eigenvalue weighted by molar-refractivity contribution is 0.462. The van der Waals surface area contributed by atoms with E-state index in [0.717, 1.165) is 26.8 Å². The molecule has 0 fully saturated rings. The van der Waals surface area contributed by atoms with Gasteiger partial charge >= 0.3 is 0 Å². The van der Waals surface area contributed by atoms with E-state index in [-0.39, 0.29) is 5.75 Å². The van der Waals surface area contributed by atoms with Crippen LogP contribution in [0.5, 0.6) is 5.75 Å². The van der Waals surface area contributed by atoms with Gasteiger partial charge in [0.25, 0.3) is 0 Å². The predicted octanol–water partition coefficient (Wildman–Crippen LogP) is 3.88. The zero-order valence-corrected chi connectivity index (χ0v) is 8.40. The van der Waals surface area contributed by atoms with Crippen molar-refractivity contribution in [3.63, 3.8) is 0 Å². The van der Waals surface area contributed by atoms with Crippen LogP contribution in [0.3, 0.4) is 0 Å². The maximum atomic E-state index is 9.17. The van der Waals surface area contributed by atoms with E-state index >= 15 is 0 Å². The van der Waals surface area contributed by atoms with Crippen LogP contribution < -0.4 is 0 Å². The van der Waals surface area contributed by atoms with Crippen molar-refractivity contribution in [1.29, 1.82) is 0 Å². The van der Waals surface area contributed by atoms with E-state index in [9.17, 15) is 5.11 Å². The summed E-state index contributed by atoms with van der Waals surface area (Å²) in [5, 5.41) is 9.17. The summed E-state index contributed by atoms with van der Waals surface area (Å²) < 4.78 is 0. The quantitative estimate of drug-likeness (QED) is 0.827. The molecule has 0 bridgehead atoms. The maximum absolute atomic E-state index is 9.17. The molecule has 1 rings (SSSR count). The molecule has 1 aromatic carbocycles. The van der Waals surface area contributed by atoms with E-state index in [0.29, 0.717) is 4.90 Å². The van der Waals surface area contributed by atoms with Gasteiger partial charge in [-0.05, 0) is 61.5 Å². The molecule has 1 aromatic rings. The number of hydrogen-bond donors (Lipinski definition) is 1. The summed E-state index contributed by atoms with van der Waals surface area (Å²) in [4.78, 5) is 1.49. The van der Waals surface area contributed by atoms with E-state index < -0.39 is 0 Å². The highest BCUT2D eigenvalue weighted by atomic mass is 35.7. The van der Waals surface area contributed by atoms with E-state index in [2.05, 4.69) is 0 Å². The lowest BCUT2D eigenvalue weighted by Gasteiger charge is -1.99. The summed E-state index contributed by atoms with van der Waals surface area (Å²) in [6.45, 7) is 0. The van der Waals surface area contributed by atoms with Gasteiger partial charge in [-0.25, -0.2) is 0 Å². The Kier molecular flexibility index (Phi) is 3.72. The maximum Gasteiger partial charge on any atom is 0.130 e. The standard InChI is InChI=1S/C6H4Cl2OS2/c7-10-4-1-2-5(9)6(3-4)11-8/h1-3,9H. The number of phenols is 1. The van der Waals surface area contributed by atoms with Crippen LogP contribution >= 0.6 is 43.3 Å². The lowest BCUT2D eigenvalue weighted by Crippen LogP contribution is -1.71. The fourth-order valence-corrected chi connectivity index (χ4v) is 1.94. The first-order valence-corrected chi connectivity index (χ1v) is 5.96. The van der Waals surface area contributed by atoms with Crippen molar-refractivity contribution in [2.24, 2.45) is 0 Å². The van der Waals surface area contributed by atoms with Crippen LogP contribution in [0.25, 0.3) is 0 Å². The van der Waals surface area contributed by atoms with E-state index in [1.54, 1.807) is 18.2 Å². The molecule has 0 radical (unpaired) electrons. The molecule has 0 amide bonds. The SMILES string of the molecule is Oc1ccc(SCl)cc1SCl. The third-order valence-corrected chi connectivity index (χ3v) is 3.06. The first-order chi connectivity index (χ1) is 5.27. The van der Waals surface area contributed by atoms with Crippen molar-refractivity contribution in [1.82, 2.24) is 0 Å². The molecule has 0 unspecified atom stereocenters. The van der Waals surface area contributed by atoms with E-state index in [4.69, 9.17) is 21.4 Å². The Morgan fingerprint density at radius 2 is 1.91 bits per heavy atom. The first-order valence-electron chi connectivity index (χ1n) is 2.68. The van der Waals surface area contributed by atoms with Crippen molar-refractivity contribution >= 4 is 43.3 Å². The van der Waals surface area contributed by atoms with Crippen molar-refractivity contribution < 1.29 is 5.11 Å². The highest BCUT2D eigenvalue weighted by Gasteiger charge is 2.01. The molecule has 5 heteroatoms. The fourth-order valence-electron chi connectivity index (χ4n) is 0.604. The zero-order valence-electron chi connectivity index (χ0n) is 5.25. The Morgan fingerprint density at radius 3 is 2.45 bits per heavy atom. The average Bonchev–Trinajstić information content (AvgIpc) is 2.05. The molecule has 0 aliphatic rings. The Morgan fingerprint density at radius 1 is 1.18 bits per heavy atom. The summed E-state index contributed by atoms with van der Waals surface area (Å²) in [5.74, 6) is 0.180. The minimum atomic E-state index is 0.180. The highest BCUT2D eigenvalue weighted by Crippen LogP contribution is 2.35. The molecule has 0 aromatic heterocycles. The number of rotatable bonds is 2. The fraction of sp³-hybridized carbons (Fsp3) is 0. The average molecular weight is 227 g/mol. The summed E-state index contributed by atoms with van der Waals surface area (Å²) >= 11 is 0. The largest absolute Gasteiger partial charge is 0.507 e. The second-order valence-electron chi connectivity index (χ2n) is 1.78. The number of hydrogen-bond acceptors (Lipinski definition) is 3. The van der Waals surface area contributed by atoms with Gasteiger partial charge in [0.2, 0.25) is 0 Å². The van der Waals surface area contributed by atoms with Gasteiger partial charge in [-0.15, -0.1) is 0 Å². The number of aromatic hydroxyl groups is 1. The molecule has 60 valence electrons. The van der Waals surface area contributed by atoms with Crippen LogP contribution in [-0.4, -0.2) is 5.11 Å². The third-order valence-electron chi connectivity index (χ3n) is 1.10. The molecular formula is C6H4Cl2OS2. The minimum Gasteiger partial charge on any atom is -0.507 e. The number of halogens is 2. The summed E-state index contributed by atoms with van der Waals surface area (Å²) in [6.07, 6.45) is 0. The third kappa shape index (κ3) is 2.37. The van der Waals surface area contributed by atoms with Crippen molar-refractivity contribution in [3.8, 4) is 5.75 Å². The normalized spacial score (nSPS) is 10.0. The molecule has 0 aliphatic carbocycles. The molecule has 0 saturated heterocycles. The summed E-state index contributed by atoms with van der Waals surface area (Å²) in [5.41, 5.74) is 0. The Hall–Kier alpha value is 0.300. The predicted molar refractivity (Wildman–Crippen MR) is 51.5 cm³/mol. The van der Waals surface area contributed by atoms with Crippen LogP contribution in [-0.2, 0) is 0 Å². The Bertz CT molecular complexity index is 254. The molecule has 11 heavy (non-hydrogen) atoms. The van der Waals surface area contributed by atoms with Gasteiger partial charge in [0.15, 0.2) is 0 Å². The highest BCUT2D eigenvalue weighted by molar-refractivity contribution is 8.21. The molecule has 0 saturated carbocycles. The molecule has 1 nitrogen and oxygen atoms in total.